The Morgan fingerprint density at radius 2 is 2.12 bits per heavy atom. The van der Waals surface area contributed by atoms with Gasteiger partial charge in [0.05, 0.1) is 12.1 Å². The van der Waals surface area contributed by atoms with Crippen LogP contribution in [0.2, 0.25) is 10.2 Å². The number of thiazole rings is 1. The molecule has 0 bridgehead atoms. The van der Waals surface area contributed by atoms with Crippen LogP contribution in [0.4, 0.5) is 0 Å². The standard InChI is InChI=1S/C17H12Cl2N4OS/c1-24-14-4-2-3-12(22-14)17-23-15(19)13(25-17)5-9-7-20-16-11(9)6-10(18)8-21-16/h2-4,6-8H,5H2,1H3,(H,20,21). The number of aromatic amines is 1. The summed E-state index contributed by atoms with van der Waals surface area (Å²) in [6.45, 7) is 0. The predicted molar refractivity (Wildman–Crippen MR) is 101 cm³/mol. The van der Waals surface area contributed by atoms with Crippen molar-refractivity contribution in [1.82, 2.24) is 19.9 Å². The molecule has 4 heterocycles. The van der Waals surface area contributed by atoms with E-state index in [-0.39, 0.29) is 0 Å². The van der Waals surface area contributed by atoms with Gasteiger partial charge in [0.1, 0.15) is 21.5 Å². The van der Waals surface area contributed by atoms with Crippen molar-refractivity contribution in [3.63, 3.8) is 0 Å². The first kappa shape index (κ1) is 16.3. The number of nitrogens with one attached hydrogen (secondary N) is 1. The largest absolute Gasteiger partial charge is 0.481 e. The van der Waals surface area contributed by atoms with Crippen molar-refractivity contribution in [2.75, 3.05) is 7.11 Å². The molecule has 126 valence electrons. The van der Waals surface area contributed by atoms with Crippen molar-refractivity contribution in [2.45, 2.75) is 6.42 Å². The fourth-order valence-corrected chi connectivity index (χ4v) is 3.97. The summed E-state index contributed by atoms with van der Waals surface area (Å²) in [7, 11) is 1.59. The van der Waals surface area contributed by atoms with Crippen molar-refractivity contribution in [1.29, 1.82) is 0 Å². The van der Waals surface area contributed by atoms with E-state index < -0.39 is 0 Å². The first-order valence-corrected chi connectivity index (χ1v) is 8.99. The van der Waals surface area contributed by atoms with Gasteiger partial charge in [-0.1, -0.05) is 29.3 Å². The van der Waals surface area contributed by atoms with Gasteiger partial charge in [-0.2, -0.15) is 0 Å². The molecule has 25 heavy (non-hydrogen) atoms. The summed E-state index contributed by atoms with van der Waals surface area (Å²) in [6.07, 6.45) is 4.19. The molecule has 0 spiro atoms. The van der Waals surface area contributed by atoms with Gasteiger partial charge in [-0.15, -0.1) is 11.3 Å². The van der Waals surface area contributed by atoms with E-state index in [2.05, 4.69) is 19.9 Å². The Bertz CT molecular complexity index is 1060. The van der Waals surface area contributed by atoms with E-state index in [1.807, 2.05) is 24.4 Å². The van der Waals surface area contributed by atoms with Crippen molar-refractivity contribution in [3.05, 3.63) is 57.3 Å². The van der Waals surface area contributed by atoms with Crippen LogP contribution in [0.5, 0.6) is 5.88 Å². The first-order valence-electron chi connectivity index (χ1n) is 7.42. The van der Waals surface area contributed by atoms with Gasteiger partial charge in [-0.3, -0.25) is 0 Å². The number of rotatable bonds is 4. The highest BCUT2D eigenvalue weighted by molar-refractivity contribution is 7.15. The number of ether oxygens (including phenoxy) is 1. The molecule has 0 aliphatic heterocycles. The fourth-order valence-electron chi connectivity index (χ4n) is 2.55. The Hall–Kier alpha value is -2.15. The van der Waals surface area contributed by atoms with Gasteiger partial charge in [-0.25, -0.2) is 15.0 Å². The first-order chi connectivity index (χ1) is 12.1. The Kier molecular flexibility index (Phi) is 4.33. The monoisotopic (exact) mass is 390 g/mol. The molecule has 1 N–H and O–H groups in total. The number of pyridine rings is 2. The van der Waals surface area contributed by atoms with Crippen LogP contribution in [0, 0.1) is 0 Å². The van der Waals surface area contributed by atoms with Crippen LogP contribution in [-0.4, -0.2) is 27.0 Å². The second-order valence-corrected chi connectivity index (χ2v) is 7.22. The number of fused-ring (bicyclic) bond motifs is 1. The van der Waals surface area contributed by atoms with Crippen LogP contribution in [0.3, 0.4) is 0 Å². The number of hydrogen-bond acceptors (Lipinski definition) is 5. The Balaban J connectivity index is 1.69. The minimum atomic E-state index is 0.481. The number of hydrogen-bond donors (Lipinski definition) is 1. The second kappa shape index (κ2) is 6.63. The third kappa shape index (κ3) is 3.20. The van der Waals surface area contributed by atoms with Gasteiger partial charge in [0.25, 0.3) is 0 Å². The quantitative estimate of drug-likeness (QED) is 0.533. The molecular weight excluding hydrogens is 379 g/mol. The van der Waals surface area contributed by atoms with E-state index in [1.54, 1.807) is 19.4 Å². The van der Waals surface area contributed by atoms with Crippen LogP contribution in [0.25, 0.3) is 21.7 Å². The van der Waals surface area contributed by atoms with Gasteiger partial charge in [0.15, 0.2) is 0 Å². The number of nitrogens with zero attached hydrogens (tertiary/aromatic N) is 3. The van der Waals surface area contributed by atoms with Gasteiger partial charge in [0.2, 0.25) is 5.88 Å². The maximum atomic E-state index is 6.36. The molecule has 0 saturated heterocycles. The van der Waals surface area contributed by atoms with Crippen LogP contribution in [0.15, 0.2) is 36.7 Å². The van der Waals surface area contributed by atoms with Gasteiger partial charge in [0, 0.05) is 35.1 Å². The molecule has 4 rings (SSSR count). The Morgan fingerprint density at radius 3 is 2.96 bits per heavy atom. The van der Waals surface area contributed by atoms with E-state index >= 15 is 0 Å². The fraction of sp³-hybridized carbons (Fsp3) is 0.118. The SMILES string of the molecule is COc1cccc(-c2nc(Cl)c(Cc3c[nH]c4ncc(Cl)cc34)s2)n1. The maximum absolute atomic E-state index is 6.36. The van der Waals surface area contributed by atoms with Crippen LogP contribution >= 0.6 is 34.5 Å². The Morgan fingerprint density at radius 1 is 1.24 bits per heavy atom. The highest BCUT2D eigenvalue weighted by atomic mass is 35.5. The zero-order chi connectivity index (χ0) is 17.4. The number of halogens is 2. The Labute approximate surface area is 157 Å². The summed E-state index contributed by atoms with van der Waals surface area (Å²) in [6, 6.07) is 7.46. The number of aromatic nitrogens is 4. The lowest BCUT2D eigenvalue weighted by molar-refractivity contribution is 0.398. The summed E-state index contributed by atoms with van der Waals surface area (Å²) >= 11 is 13.9. The molecule has 5 nitrogen and oxygen atoms in total. The summed E-state index contributed by atoms with van der Waals surface area (Å²) in [5.74, 6) is 0.544. The third-order valence-corrected chi connectivity index (χ3v) is 5.45. The zero-order valence-corrected chi connectivity index (χ0v) is 15.4. The van der Waals surface area contributed by atoms with E-state index in [0.29, 0.717) is 22.5 Å². The molecule has 0 saturated carbocycles. The lowest BCUT2D eigenvalue weighted by Crippen LogP contribution is -1.88. The van der Waals surface area contributed by atoms with Gasteiger partial charge < -0.3 is 9.72 Å². The zero-order valence-electron chi connectivity index (χ0n) is 13.1. The number of H-pyrrole nitrogens is 1. The normalized spacial score (nSPS) is 11.2. The van der Waals surface area contributed by atoms with Gasteiger partial charge >= 0.3 is 0 Å². The highest BCUT2D eigenvalue weighted by Gasteiger charge is 2.15. The van der Waals surface area contributed by atoms with E-state index in [1.165, 1.54) is 11.3 Å². The molecule has 0 unspecified atom stereocenters. The summed E-state index contributed by atoms with van der Waals surface area (Å²) in [5.41, 5.74) is 2.61. The molecule has 8 heteroatoms. The molecule has 0 aliphatic carbocycles. The molecule has 0 atom stereocenters. The summed E-state index contributed by atoms with van der Waals surface area (Å²) in [5, 5.41) is 2.83. The summed E-state index contributed by atoms with van der Waals surface area (Å²) in [4.78, 5) is 17.2. The van der Waals surface area contributed by atoms with E-state index in [0.717, 1.165) is 32.2 Å². The molecule has 4 aromatic rings. The second-order valence-electron chi connectivity index (χ2n) is 5.34. The van der Waals surface area contributed by atoms with Crippen molar-refractivity contribution < 1.29 is 4.74 Å². The minimum absolute atomic E-state index is 0.481. The molecule has 0 aromatic carbocycles. The molecule has 4 aromatic heterocycles. The van der Waals surface area contributed by atoms with E-state index in [4.69, 9.17) is 27.9 Å². The van der Waals surface area contributed by atoms with Crippen molar-refractivity contribution in [3.8, 4) is 16.6 Å². The topological polar surface area (TPSA) is 63.7 Å². The maximum Gasteiger partial charge on any atom is 0.213 e. The molecular formula is C17H12Cl2N4OS. The summed E-state index contributed by atoms with van der Waals surface area (Å²) < 4.78 is 5.17. The highest BCUT2D eigenvalue weighted by Crippen LogP contribution is 2.33. The average molecular weight is 391 g/mol. The minimum Gasteiger partial charge on any atom is -0.481 e. The van der Waals surface area contributed by atoms with Crippen molar-refractivity contribution >= 4 is 45.6 Å². The molecule has 0 aliphatic rings. The number of methoxy groups -OCH3 is 1. The third-order valence-electron chi connectivity index (χ3n) is 3.74. The van der Waals surface area contributed by atoms with Gasteiger partial charge in [-0.05, 0) is 17.7 Å². The van der Waals surface area contributed by atoms with Crippen LogP contribution in [0.1, 0.15) is 10.4 Å². The average Bonchev–Trinajstić information content (AvgIpc) is 3.19. The van der Waals surface area contributed by atoms with Crippen molar-refractivity contribution in [2.24, 2.45) is 0 Å². The van der Waals surface area contributed by atoms with Crippen LogP contribution < -0.4 is 4.74 Å². The lowest BCUT2D eigenvalue weighted by Gasteiger charge is -1.99. The molecule has 0 radical (unpaired) electrons. The smallest absolute Gasteiger partial charge is 0.213 e. The predicted octanol–water partition coefficient (Wildman–Crippen LogP) is 4.99. The molecule has 0 amide bonds. The molecule has 0 fully saturated rings. The van der Waals surface area contributed by atoms with E-state index in [9.17, 15) is 0 Å². The van der Waals surface area contributed by atoms with Crippen LogP contribution in [-0.2, 0) is 6.42 Å². The lowest BCUT2D eigenvalue weighted by atomic mass is 10.1.